The van der Waals surface area contributed by atoms with Crippen molar-refractivity contribution >= 4 is 17.6 Å². The van der Waals surface area contributed by atoms with Crippen LogP contribution in [-0.4, -0.2) is 72.6 Å². The molecule has 3 rings (SSSR count). The molecule has 1 fully saturated rings. The zero-order valence-electron chi connectivity index (χ0n) is 18.8. The van der Waals surface area contributed by atoms with Gasteiger partial charge in [-0.25, -0.2) is 4.79 Å². The van der Waals surface area contributed by atoms with Crippen LogP contribution < -0.4 is 11.1 Å². The first kappa shape index (κ1) is 25.6. The Labute approximate surface area is 197 Å². The van der Waals surface area contributed by atoms with Crippen LogP contribution in [0.1, 0.15) is 22.8 Å². The molecule has 0 radical (unpaired) electrons. The van der Waals surface area contributed by atoms with E-state index in [1.165, 1.54) is 6.07 Å². The average Bonchev–Trinajstić information content (AvgIpc) is 2.82. The number of aliphatic hydroxyl groups is 1. The van der Waals surface area contributed by atoms with Gasteiger partial charge in [-0.2, -0.15) is 0 Å². The predicted molar refractivity (Wildman–Crippen MR) is 122 cm³/mol. The van der Waals surface area contributed by atoms with E-state index in [4.69, 9.17) is 29.8 Å². The van der Waals surface area contributed by atoms with Crippen LogP contribution in [0.4, 0.5) is 5.69 Å². The lowest BCUT2D eigenvalue weighted by Crippen LogP contribution is -2.65. The summed E-state index contributed by atoms with van der Waals surface area (Å²) in [5.74, 6) is -1.72. The summed E-state index contributed by atoms with van der Waals surface area (Å²) < 4.78 is 22.8. The molecule has 34 heavy (non-hydrogen) atoms. The third kappa shape index (κ3) is 6.99. The quantitative estimate of drug-likeness (QED) is 0.352. The Morgan fingerprint density at radius 3 is 2.56 bits per heavy atom. The number of carbonyl (C=O) groups is 2. The van der Waals surface area contributed by atoms with Crippen LogP contribution in [0.25, 0.3) is 0 Å². The van der Waals surface area contributed by atoms with E-state index in [9.17, 15) is 14.7 Å². The average molecular weight is 475 g/mol. The smallest absolute Gasteiger partial charge is 0.329 e. The second kappa shape index (κ2) is 12.4. The Kier molecular flexibility index (Phi) is 9.37. The number of aliphatic hydroxyl groups excluding tert-OH is 1. The Morgan fingerprint density at radius 1 is 1.12 bits per heavy atom. The second-order valence-corrected chi connectivity index (χ2v) is 7.78. The minimum absolute atomic E-state index is 0.00243. The molecule has 184 valence electrons. The molecule has 0 bridgehead atoms. The first-order chi connectivity index (χ1) is 16.4. The Balaban J connectivity index is 1.75. The highest BCUT2D eigenvalue weighted by atomic mass is 16.7. The minimum Gasteiger partial charge on any atom is -0.480 e. The van der Waals surface area contributed by atoms with Gasteiger partial charge < -0.3 is 40.2 Å². The number of nitrogens with two attached hydrogens (primary N) is 1. The molecule has 0 aromatic heterocycles. The number of carboxylic acid groups (broad SMARTS) is 1. The zero-order valence-corrected chi connectivity index (χ0v) is 18.8. The molecule has 1 aliphatic heterocycles. The highest BCUT2D eigenvalue weighted by Crippen LogP contribution is 2.26. The zero-order chi connectivity index (χ0) is 24.5. The van der Waals surface area contributed by atoms with Gasteiger partial charge in [0.25, 0.3) is 5.91 Å². The maximum Gasteiger partial charge on any atom is 0.329 e. The maximum absolute atomic E-state index is 12.9. The van der Waals surface area contributed by atoms with Crippen molar-refractivity contribution in [2.45, 2.75) is 44.2 Å². The van der Waals surface area contributed by atoms with Crippen LogP contribution in [-0.2, 0) is 30.3 Å². The number of ether oxygens (including phenoxy) is 4. The summed E-state index contributed by atoms with van der Waals surface area (Å²) in [7, 11) is 0. The standard InChI is InChI=1S/C24H30N2O8/c1-2-32-24-20(26-23(30)16-9-6-10-17(25)11-16)22(33-14-19(27)28)21(29)18(34-24)13-31-12-15-7-4-3-5-8-15/h3-11,18,20-22,24,29H,2,12-14,25H2,1H3,(H,26,30)(H,27,28)/t18?,20?,21-,22+,24+/m0/s1. The molecule has 2 aromatic carbocycles. The van der Waals surface area contributed by atoms with Crippen molar-refractivity contribution in [3.8, 4) is 0 Å². The van der Waals surface area contributed by atoms with Crippen molar-refractivity contribution in [2.24, 2.45) is 0 Å². The summed E-state index contributed by atoms with van der Waals surface area (Å²) in [6.07, 6.45) is -4.31. The van der Waals surface area contributed by atoms with Crippen molar-refractivity contribution in [2.75, 3.05) is 25.6 Å². The topological polar surface area (TPSA) is 150 Å². The van der Waals surface area contributed by atoms with E-state index in [-0.39, 0.29) is 18.8 Å². The number of nitrogens with one attached hydrogen (secondary N) is 1. The summed E-state index contributed by atoms with van der Waals surface area (Å²) in [5, 5.41) is 22.8. The largest absolute Gasteiger partial charge is 0.480 e. The van der Waals surface area contributed by atoms with Gasteiger partial charge in [0.1, 0.15) is 31.0 Å². The lowest BCUT2D eigenvalue weighted by Gasteiger charge is -2.44. The van der Waals surface area contributed by atoms with Crippen LogP contribution in [0.2, 0.25) is 0 Å². The summed E-state index contributed by atoms with van der Waals surface area (Å²) in [6, 6.07) is 14.8. The molecular weight excluding hydrogens is 444 g/mol. The molecule has 2 unspecified atom stereocenters. The first-order valence-corrected chi connectivity index (χ1v) is 11.0. The minimum atomic E-state index is -1.29. The van der Waals surface area contributed by atoms with E-state index in [2.05, 4.69) is 5.32 Å². The molecule has 0 aliphatic carbocycles. The van der Waals surface area contributed by atoms with Gasteiger partial charge in [0.05, 0.1) is 13.2 Å². The fourth-order valence-electron chi connectivity index (χ4n) is 3.66. The summed E-state index contributed by atoms with van der Waals surface area (Å²) in [6.45, 7) is 1.61. The van der Waals surface area contributed by atoms with Crippen LogP contribution in [0.5, 0.6) is 0 Å². The SMILES string of the molecule is CCO[C@@H]1OC(COCc2ccccc2)[C@H](O)[C@H](OCC(=O)O)C1NC(=O)c1cccc(N)c1. The van der Waals surface area contributed by atoms with Gasteiger partial charge >= 0.3 is 5.97 Å². The second-order valence-electron chi connectivity index (χ2n) is 7.78. The van der Waals surface area contributed by atoms with Crippen LogP contribution in [0.3, 0.4) is 0 Å². The maximum atomic E-state index is 12.9. The fraction of sp³-hybridized carbons (Fsp3) is 0.417. The lowest BCUT2D eigenvalue weighted by molar-refractivity contribution is -0.277. The molecule has 1 heterocycles. The van der Waals surface area contributed by atoms with E-state index >= 15 is 0 Å². The number of carboxylic acids is 1. The van der Waals surface area contributed by atoms with Crippen molar-refractivity contribution in [3.05, 3.63) is 65.7 Å². The summed E-state index contributed by atoms with van der Waals surface area (Å²) in [5.41, 5.74) is 7.41. The third-order valence-corrected chi connectivity index (χ3v) is 5.24. The third-order valence-electron chi connectivity index (χ3n) is 5.24. The Bertz CT molecular complexity index is 942. The van der Waals surface area contributed by atoms with Crippen molar-refractivity contribution in [1.29, 1.82) is 0 Å². The molecular formula is C24H30N2O8. The van der Waals surface area contributed by atoms with E-state index in [0.717, 1.165) is 5.56 Å². The predicted octanol–water partition coefficient (Wildman–Crippen LogP) is 1.18. The van der Waals surface area contributed by atoms with Crippen molar-refractivity contribution in [1.82, 2.24) is 5.32 Å². The van der Waals surface area contributed by atoms with Crippen molar-refractivity contribution in [3.63, 3.8) is 0 Å². The molecule has 2 aromatic rings. The van der Waals surface area contributed by atoms with E-state index < -0.39 is 49.1 Å². The Hall–Kier alpha value is -3.02. The molecule has 1 amide bonds. The molecule has 1 aliphatic rings. The number of hydrogen-bond donors (Lipinski definition) is 4. The summed E-state index contributed by atoms with van der Waals surface area (Å²) >= 11 is 0. The highest BCUT2D eigenvalue weighted by Gasteiger charge is 2.47. The number of aliphatic carboxylic acids is 1. The molecule has 10 heteroatoms. The van der Waals surface area contributed by atoms with Gasteiger partial charge in [-0.15, -0.1) is 0 Å². The molecule has 0 saturated carbocycles. The monoisotopic (exact) mass is 474 g/mol. The number of hydrogen-bond acceptors (Lipinski definition) is 8. The van der Waals surface area contributed by atoms with Gasteiger partial charge in [0.15, 0.2) is 6.29 Å². The number of benzene rings is 2. The van der Waals surface area contributed by atoms with Gasteiger partial charge in [-0.1, -0.05) is 36.4 Å². The number of anilines is 1. The van der Waals surface area contributed by atoms with Crippen LogP contribution in [0, 0.1) is 0 Å². The highest BCUT2D eigenvalue weighted by molar-refractivity contribution is 5.95. The van der Waals surface area contributed by atoms with Crippen LogP contribution >= 0.6 is 0 Å². The fourth-order valence-corrected chi connectivity index (χ4v) is 3.66. The van der Waals surface area contributed by atoms with E-state index in [1.54, 1.807) is 25.1 Å². The lowest BCUT2D eigenvalue weighted by atomic mass is 9.96. The van der Waals surface area contributed by atoms with Gasteiger partial charge in [-0.05, 0) is 30.7 Å². The molecule has 0 spiro atoms. The Morgan fingerprint density at radius 2 is 1.88 bits per heavy atom. The molecule has 10 nitrogen and oxygen atoms in total. The van der Waals surface area contributed by atoms with Crippen LogP contribution in [0.15, 0.2) is 54.6 Å². The van der Waals surface area contributed by atoms with Gasteiger partial charge in [0, 0.05) is 17.9 Å². The number of carbonyl (C=O) groups excluding carboxylic acids is 1. The normalized spacial score (nSPS) is 24.5. The number of nitrogen functional groups attached to an aromatic ring is 1. The molecule has 5 atom stereocenters. The number of rotatable bonds is 11. The van der Waals surface area contributed by atoms with E-state index in [0.29, 0.717) is 12.3 Å². The molecule has 5 N–H and O–H groups in total. The molecule has 1 saturated heterocycles. The van der Waals surface area contributed by atoms with E-state index in [1.807, 2.05) is 30.3 Å². The van der Waals surface area contributed by atoms with Gasteiger partial charge in [0.2, 0.25) is 0 Å². The number of amides is 1. The first-order valence-electron chi connectivity index (χ1n) is 11.0. The summed E-state index contributed by atoms with van der Waals surface area (Å²) in [4.78, 5) is 24.0. The van der Waals surface area contributed by atoms with Crippen molar-refractivity contribution < 1.29 is 38.7 Å². The van der Waals surface area contributed by atoms with Gasteiger partial charge in [-0.3, -0.25) is 4.79 Å².